The summed E-state index contributed by atoms with van der Waals surface area (Å²) in [5, 5.41) is 11.4. The smallest absolute Gasteiger partial charge is 0.272 e. The maximum Gasteiger partial charge on any atom is 0.272 e. The number of aryl methyl sites for hydroxylation is 1. The van der Waals surface area contributed by atoms with Crippen LogP contribution in [0.1, 0.15) is 21.6 Å². The predicted octanol–water partition coefficient (Wildman–Crippen LogP) is 1.28. The molecule has 0 aliphatic rings. The first-order chi connectivity index (χ1) is 10.1. The van der Waals surface area contributed by atoms with Crippen LogP contribution in [0.25, 0.3) is 0 Å². The van der Waals surface area contributed by atoms with Gasteiger partial charge in [0.25, 0.3) is 5.91 Å². The van der Waals surface area contributed by atoms with E-state index in [1.807, 2.05) is 13.0 Å². The molecule has 1 aromatic heterocycles. The number of aliphatic hydroxyl groups excluding tert-OH is 1. The fraction of sp³-hybridized carbons (Fsp3) is 0.125. The van der Waals surface area contributed by atoms with Crippen molar-refractivity contribution in [2.45, 2.75) is 6.92 Å². The van der Waals surface area contributed by atoms with Crippen LogP contribution in [0.15, 0.2) is 41.2 Å². The van der Waals surface area contributed by atoms with E-state index in [1.165, 1.54) is 18.2 Å². The van der Waals surface area contributed by atoms with E-state index < -0.39 is 0 Å². The van der Waals surface area contributed by atoms with Gasteiger partial charge in [-0.1, -0.05) is 17.9 Å². The number of hydrogen-bond donors (Lipinski definition) is 3. The Bertz CT molecular complexity index is 782. The number of nitrogens with one attached hydrogen (secondary N) is 2. The lowest BCUT2D eigenvalue weighted by Gasteiger charge is -2.08. The highest BCUT2D eigenvalue weighted by Gasteiger charge is 2.08. The van der Waals surface area contributed by atoms with Gasteiger partial charge in [-0.2, -0.15) is 0 Å². The van der Waals surface area contributed by atoms with Gasteiger partial charge in [0.2, 0.25) is 5.56 Å². The highest BCUT2D eigenvalue weighted by Crippen LogP contribution is 2.16. The third kappa shape index (κ3) is 3.81. The first-order valence-electron chi connectivity index (χ1n) is 6.31. The molecular weight excluding hydrogens is 268 g/mol. The minimum absolute atomic E-state index is 0.196. The van der Waals surface area contributed by atoms with Crippen molar-refractivity contribution in [2.75, 3.05) is 11.9 Å². The first-order valence-corrected chi connectivity index (χ1v) is 6.31. The topological polar surface area (TPSA) is 82.2 Å². The summed E-state index contributed by atoms with van der Waals surface area (Å²) in [5.74, 6) is 4.97. The Morgan fingerprint density at radius 3 is 2.81 bits per heavy atom. The van der Waals surface area contributed by atoms with Crippen molar-refractivity contribution >= 4 is 11.6 Å². The fourth-order valence-corrected chi connectivity index (χ4v) is 1.79. The lowest BCUT2D eigenvalue weighted by molar-refractivity contribution is 0.102. The molecule has 2 aromatic rings. The Morgan fingerprint density at radius 1 is 1.33 bits per heavy atom. The lowest BCUT2D eigenvalue weighted by Crippen LogP contribution is -2.18. The summed E-state index contributed by atoms with van der Waals surface area (Å²) in [4.78, 5) is 25.7. The predicted molar refractivity (Wildman–Crippen MR) is 80.2 cm³/mol. The van der Waals surface area contributed by atoms with Gasteiger partial charge in [0, 0.05) is 17.3 Å². The molecule has 1 aromatic carbocycles. The number of aliphatic hydroxyl groups is 1. The normalized spacial score (nSPS) is 9.62. The van der Waals surface area contributed by atoms with Crippen LogP contribution in [0, 0.1) is 18.8 Å². The Kier molecular flexibility index (Phi) is 4.54. The second-order valence-electron chi connectivity index (χ2n) is 4.37. The van der Waals surface area contributed by atoms with Gasteiger partial charge in [0.1, 0.15) is 12.3 Å². The van der Waals surface area contributed by atoms with E-state index in [4.69, 9.17) is 5.11 Å². The molecule has 0 aliphatic heterocycles. The van der Waals surface area contributed by atoms with Gasteiger partial charge in [0.05, 0.1) is 0 Å². The number of carbonyl (C=O) groups is 1. The molecule has 0 saturated heterocycles. The Labute approximate surface area is 121 Å². The molecule has 21 heavy (non-hydrogen) atoms. The lowest BCUT2D eigenvalue weighted by atomic mass is 10.1. The molecular formula is C16H14N2O3. The molecule has 0 spiro atoms. The number of benzene rings is 1. The maximum atomic E-state index is 12.0. The first kappa shape index (κ1) is 14.6. The Balaban J connectivity index is 2.20. The summed E-state index contributed by atoms with van der Waals surface area (Å²) in [5.41, 5.74) is 2.11. The van der Waals surface area contributed by atoms with Crippen LogP contribution in [-0.4, -0.2) is 22.6 Å². The minimum Gasteiger partial charge on any atom is -0.384 e. The van der Waals surface area contributed by atoms with Crippen molar-refractivity contribution in [3.05, 3.63) is 63.6 Å². The number of aromatic nitrogens is 1. The highest BCUT2D eigenvalue weighted by molar-refractivity contribution is 6.03. The van der Waals surface area contributed by atoms with Gasteiger partial charge >= 0.3 is 0 Å². The number of H-pyrrole nitrogens is 1. The zero-order chi connectivity index (χ0) is 15.2. The average molecular weight is 282 g/mol. The second kappa shape index (κ2) is 6.55. The molecule has 0 saturated carbocycles. The van der Waals surface area contributed by atoms with Crippen molar-refractivity contribution < 1.29 is 9.90 Å². The fourth-order valence-electron chi connectivity index (χ4n) is 1.79. The molecule has 0 aliphatic carbocycles. The van der Waals surface area contributed by atoms with Crippen molar-refractivity contribution in [3.63, 3.8) is 0 Å². The van der Waals surface area contributed by atoms with Crippen LogP contribution in [0.5, 0.6) is 0 Å². The summed E-state index contributed by atoms with van der Waals surface area (Å²) < 4.78 is 0. The van der Waals surface area contributed by atoms with Crippen molar-refractivity contribution in [3.8, 4) is 11.8 Å². The monoisotopic (exact) mass is 282 g/mol. The summed E-state index contributed by atoms with van der Waals surface area (Å²) in [6.07, 6.45) is 0. The third-order valence-corrected chi connectivity index (χ3v) is 2.80. The molecule has 0 fully saturated rings. The van der Waals surface area contributed by atoms with Crippen LogP contribution >= 0.6 is 0 Å². The van der Waals surface area contributed by atoms with Gasteiger partial charge in [-0.05, 0) is 36.8 Å². The van der Waals surface area contributed by atoms with E-state index in [-0.39, 0.29) is 23.8 Å². The molecule has 106 valence electrons. The summed E-state index contributed by atoms with van der Waals surface area (Å²) in [6.45, 7) is 1.65. The van der Waals surface area contributed by atoms with E-state index in [0.29, 0.717) is 5.69 Å². The van der Waals surface area contributed by atoms with Gasteiger partial charge in [-0.25, -0.2) is 0 Å². The summed E-state index contributed by atoms with van der Waals surface area (Å²) in [7, 11) is 0. The molecule has 0 bridgehead atoms. The Morgan fingerprint density at radius 2 is 2.14 bits per heavy atom. The van der Waals surface area contributed by atoms with E-state index in [0.717, 1.165) is 11.1 Å². The van der Waals surface area contributed by atoms with Gasteiger partial charge in [0.15, 0.2) is 0 Å². The minimum atomic E-state index is -0.384. The zero-order valence-electron chi connectivity index (χ0n) is 11.4. The molecule has 1 heterocycles. The van der Waals surface area contributed by atoms with E-state index in [1.54, 1.807) is 12.1 Å². The van der Waals surface area contributed by atoms with Gasteiger partial charge in [-0.15, -0.1) is 0 Å². The van der Waals surface area contributed by atoms with Crippen molar-refractivity contribution in [1.82, 2.24) is 4.98 Å². The average Bonchev–Trinajstić information content (AvgIpc) is 2.47. The van der Waals surface area contributed by atoms with Crippen molar-refractivity contribution in [1.29, 1.82) is 0 Å². The molecule has 0 unspecified atom stereocenters. The molecule has 0 atom stereocenters. The highest BCUT2D eigenvalue weighted by atomic mass is 16.2. The van der Waals surface area contributed by atoms with Crippen LogP contribution in [0.3, 0.4) is 0 Å². The van der Waals surface area contributed by atoms with Crippen LogP contribution in [-0.2, 0) is 0 Å². The van der Waals surface area contributed by atoms with E-state index >= 15 is 0 Å². The maximum absolute atomic E-state index is 12.0. The number of pyridine rings is 1. The van der Waals surface area contributed by atoms with E-state index in [9.17, 15) is 9.59 Å². The van der Waals surface area contributed by atoms with E-state index in [2.05, 4.69) is 22.1 Å². The second-order valence-corrected chi connectivity index (χ2v) is 4.37. The van der Waals surface area contributed by atoms with Crippen molar-refractivity contribution in [2.24, 2.45) is 0 Å². The number of rotatable bonds is 2. The molecule has 3 N–H and O–H groups in total. The molecule has 1 amide bonds. The summed E-state index contributed by atoms with van der Waals surface area (Å²) >= 11 is 0. The zero-order valence-corrected chi connectivity index (χ0v) is 11.4. The van der Waals surface area contributed by atoms with Gasteiger partial charge in [-0.3, -0.25) is 9.59 Å². The van der Waals surface area contributed by atoms with Crippen LogP contribution in [0.2, 0.25) is 0 Å². The molecule has 0 radical (unpaired) electrons. The number of aromatic amines is 1. The molecule has 2 rings (SSSR count). The Hall–Kier alpha value is -2.84. The van der Waals surface area contributed by atoms with Crippen LogP contribution in [0.4, 0.5) is 5.69 Å². The largest absolute Gasteiger partial charge is 0.384 e. The molecule has 5 nitrogen and oxygen atoms in total. The summed E-state index contributed by atoms with van der Waals surface area (Å²) in [6, 6.07) is 9.69. The van der Waals surface area contributed by atoms with Crippen LogP contribution < -0.4 is 10.9 Å². The quantitative estimate of drug-likeness (QED) is 0.726. The SMILES string of the molecule is Cc1cc(C#CCO)ccc1NC(=O)c1cccc(=O)[nH]1. The standard InChI is InChI=1S/C16H14N2O3/c1-11-10-12(4-3-9-19)7-8-13(11)18-16(21)14-5-2-6-15(20)17-14/h2,5-8,10,19H,9H2,1H3,(H,17,20)(H,18,21). The number of carbonyl (C=O) groups excluding carboxylic acids is 1. The molecule has 5 heteroatoms. The number of anilines is 1. The van der Waals surface area contributed by atoms with Gasteiger partial charge < -0.3 is 15.4 Å². The third-order valence-electron chi connectivity index (χ3n) is 2.80. The number of hydrogen-bond acceptors (Lipinski definition) is 3. The number of amides is 1.